The minimum atomic E-state index is -0.205. The minimum absolute atomic E-state index is 0.172. The fourth-order valence-electron chi connectivity index (χ4n) is 1.42. The van der Waals surface area contributed by atoms with Crippen LogP contribution in [0.4, 0.5) is 5.69 Å². The first-order valence-corrected chi connectivity index (χ1v) is 7.03. The molecule has 6 heteroatoms. The number of amides is 1. The zero-order valence-corrected chi connectivity index (χ0v) is 12.7. The number of rotatable bonds is 5. The highest BCUT2D eigenvalue weighted by Crippen LogP contribution is 2.10. The molecule has 0 unspecified atom stereocenters. The number of hydrogen-bond acceptors (Lipinski definition) is 4. The van der Waals surface area contributed by atoms with Gasteiger partial charge in [-0.05, 0) is 52.9 Å². The van der Waals surface area contributed by atoms with E-state index in [1.165, 1.54) is 0 Å². The van der Waals surface area contributed by atoms with E-state index in [4.69, 9.17) is 0 Å². The third-order valence-corrected chi connectivity index (χ3v) is 3.10. The highest BCUT2D eigenvalue weighted by molar-refractivity contribution is 14.1. The molecule has 20 heavy (non-hydrogen) atoms. The molecule has 0 radical (unpaired) electrons. The Balaban J connectivity index is 1.76. The molecule has 0 fully saturated rings. The maximum atomic E-state index is 11.6. The van der Waals surface area contributed by atoms with Crippen molar-refractivity contribution in [3.63, 3.8) is 0 Å². The lowest BCUT2D eigenvalue weighted by Crippen LogP contribution is -2.25. The van der Waals surface area contributed by atoms with Crippen molar-refractivity contribution in [2.45, 2.75) is 0 Å². The standard InChI is InChI=1S/C14H13IN4O/c15-12-3-5-13(6-4-12)17-10-14(20)19-18-9-11-2-1-7-16-8-11/h1-9,17H,10H2,(H,19,20)/b18-9-. The summed E-state index contributed by atoms with van der Waals surface area (Å²) in [7, 11) is 0. The molecule has 0 bridgehead atoms. The van der Waals surface area contributed by atoms with Crippen LogP contribution in [0.25, 0.3) is 0 Å². The summed E-state index contributed by atoms with van der Waals surface area (Å²) < 4.78 is 1.15. The number of benzene rings is 1. The zero-order chi connectivity index (χ0) is 14.2. The molecule has 0 atom stereocenters. The lowest BCUT2D eigenvalue weighted by Gasteiger charge is -2.04. The van der Waals surface area contributed by atoms with Crippen molar-refractivity contribution in [1.82, 2.24) is 10.4 Å². The second-order valence-electron chi connectivity index (χ2n) is 3.94. The monoisotopic (exact) mass is 380 g/mol. The average molecular weight is 380 g/mol. The fraction of sp³-hybridized carbons (Fsp3) is 0.0714. The van der Waals surface area contributed by atoms with Gasteiger partial charge in [-0.15, -0.1) is 0 Å². The molecule has 0 aliphatic carbocycles. The number of halogens is 1. The van der Waals surface area contributed by atoms with Gasteiger partial charge in [0.15, 0.2) is 0 Å². The van der Waals surface area contributed by atoms with Gasteiger partial charge in [0.2, 0.25) is 0 Å². The van der Waals surface area contributed by atoms with E-state index < -0.39 is 0 Å². The third-order valence-electron chi connectivity index (χ3n) is 2.38. The predicted octanol–water partition coefficient (Wildman–Crippen LogP) is 2.25. The number of pyridine rings is 1. The van der Waals surface area contributed by atoms with Gasteiger partial charge in [-0.3, -0.25) is 9.78 Å². The van der Waals surface area contributed by atoms with E-state index in [-0.39, 0.29) is 12.5 Å². The number of nitrogens with one attached hydrogen (secondary N) is 2. The number of anilines is 1. The van der Waals surface area contributed by atoms with Crippen molar-refractivity contribution >= 4 is 40.4 Å². The number of carbonyl (C=O) groups is 1. The molecule has 1 heterocycles. The number of nitrogens with zero attached hydrogens (tertiary/aromatic N) is 2. The molecule has 2 rings (SSSR count). The van der Waals surface area contributed by atoms with Crippen LogP contribution in [0.3, 0.4) is 0 Å². The van der Waals surface area contributed by atoms with Crippen LogP contribution < -0.4 is 10.7 Å². The van der Waals surface area contributed by atoms with Crippen molar-refractivity contribution < 1.29 is 4.79 Å². The Hall–Kier alpha value is -1.96. The Bertz CT molecular complexity index is 584. The SMILES string of the molecule is O=C(CNc1ccc(I)cc1)N/N=C\c1cccnc1. The second-order valence-corrected chi connectivity index (χ2v) is 5.19. The summed E-state index contributed by atoms with van der Waals surface area (Å²) in [5, 5.41) is 6.88. The van der Waals surface area contributed by atoms with Crippen LogP contribution >= 0.6 is 22.6 Å². The van der Waals surface area contributed by atoms with Gasteiger partial charge in [0.05, 0.1) is 12.8 Å². The van der Waals surface area contributed by atoms with Gasteiger partial charge in [-0.2, -0.15) is 5.10 Å². The first-order valence-electron chi connectivity index (χ1n) is 5.95. The van der Waals surface area contributed by atoms with E-state index in [1.807, 2.05) is 36.4 Å². The van der Waals surface area contributed by atoms with E-state index in [1.54, 1.807) is 18.6 Å². The average Bonchev–Trinajstić information content (AvgIpc) is 2.48. The fourth-order valence-corrected chi connectivity index (χ4v) is 1.78. The summed E-state index contributed by atoms with van der Waals surface area (Å²) in [4.78, 5) is 15.5. The van der Waals surface area contributed by atoms with Crippen molar-refractivity contribution in [1.29, 1.82) is 0 Å². The van der Waals surface area contributed by atoms with Gasteiger partial charge in [0.25, 0.3) is 5.91 Å². The van der Waals surface area contributed by atoms with Gasteiger partial charge in [0.1, 0.15) is 0 Å². The van der Waals surface area contributed by atoms with Gasteiger partial charge in [-0.25, -0.2) is 5.43 Å². The Kier molecular flexibility index (Phi) is 5.48. The van der Waals surface area contributed by atoms with Crippen LogP contribution in [-0.4, -0.2) is 23.7 Å². The van der Waals surface area contributed by atoms with Crippen LogP contribution in [0.15, 0.2) is 53.9 Å². The molecule has 0 aliphatic heterocycles. The van der Waals surface area contributed by atoms with Crippen molar-refractivity contribution in [2.24, 2.45) is 5.10 Å². The Morgan fingerprint density at radius 2 is 2.10 bits per heavy atom. The van der Waals surface area contributed by atoms with Crippen molar-refractivity contribution in [2.75, 3.05) is 11.9 Å². The molecule has 2 aromatic rings. The Morgan fingerprint density at radius 3 is 2.80 bits per heavy atom. The van der Waals surface area contributed by atoms with Crippen LogP contribution in [0.1, 0.15) is 5.56 Å². The molecule has 0 saturated carbocycles. The lowest BCUT2D eigenvalue weighted by atomic mass is 10.3. The Labute approximate surface area is 130 Å². The smallest absolute Gasteiger partial charge is 0.259 e. The normalized spacial score (nSPS) is 10.4. The molecular weight excluding hydrogens is 367 g/mol. The predicted molar refractivity (Wildman–Crippen MR) is 87.6 cm³/mol. The van der Waals surface area contributed by atoms with Gasteiger partial charge in [-0.1, -0.05) is 6.07 Å². The summed E-state index contributed by atoms with van der Waals surface area (Å²) >= 11 is 2.23. The van der Waals surface area contributed by atoms with Crippen LogP contribution in [0.2, 0.25) is 0 Å². The maximum Gasteiger partial charge on any atom is 0.259 e. The number of carbonyl (C=O) groups excluding carboxylic acids is 1. The maximum absolute atomic E-state index is 11.6. The highest BCUT2D eigenvalue weighted by Gasteiger charge is 1.99. The molecule has 1 aromatic carbocycles. The molecule has 2 N–H and O–H groups in total. The summed E-state index contributed by atoms with van der Waals surface area (Å²) in [5.74, 6) is -0.205. The molecule has 1 amide bonds. The third kappa shape index (κ3) is 4.96. The van der Waals surface area contributed by atoms with Gasteiger partial charge >= 0.3 is 0 Å². The van der Waals surface area contributed by atoms with E-state index >= 15 is 0 Å². The summed E-state index contributed by atoms with van der Waals surface area (Å²) in [6.07, 6.45) is 4.90. The van der Waals surface area contributed by atoms with Crippen LogP contribution in [0, 0.1) is 3.57 Å². The summed E-state index contributed by atoms with van der Waals surface area (Å²) in [5.41, 5.74) is 4.18. The zero-order valence-electron chi connectivity index (χ0n) is 10.6. The van der Waals surface area contributed by atoms with E-state index in [0.29, 0.717) is 0 Å². The molecule has 0 aliphatic rings. The lowest BCUT2D eigenvalue weighted by molar-refractivity contribution is -0.119. The van der Waals surface area contributed by atoms with Crippen molar-refractivity contribution in [3.8, 4) is 0 Å². The number of hydrazone groups is 1. The first kappa shape index (κ1) is 14.4. The Morgan fingerprint density at radius 1 is 1.30 bits per heavy atom. The van der Waals surface area contributed by atoms with Gasteiger partial charge < -0.3 is 5.32 Å². The highest BCUT2D eigenvalue weighted by atomic mass is 127. The van der Waals surface area contributed by atoms with E-state index in [0.717, 1.165) is 14.8 Å². The summed E-state index contributed by atoms with van der Waals surface area (Å²) in [6, 6.07) is 11.5. The van der Waals surface area contributed by atoms with E-state index in [2.05, 4.69) is 43.4 Å². The van der Waals surface area contributed by atoms with Crippen LogP contribution in [0.5, 0.6) is 0 Å². The molecule has 102 valence electrons. The van der Waals surface area contributed by atoms with Crippen LogP contribution in [-0.2, 0) is 4.79 Å². The largest absolute Gasteiger partial charge is 0.376 e. The second kappa shape index (κ2) is 7.59. The number of aromatic nitrogens is 1. The molecular formula is C14H13IN4O. The number of hydrogen-bond donors (Lipinski definition) is 2. The minimum Gasteiger partial charge on any atom is -0.376 e. The molecule has 0 saturated heterocycles. The first-order chi connectivity index (χ1) is 9.74. The molecule has 5 nitrogen and oxygen atoms in total. The summed E-state index contributed by atoms with van der Waals surface area (Å²) in [6.45, 7) is 0.172. The molecule has 0 spiro atoms. The van der Waals surface area contributed by atoms with E-state index in [9.17, 15) is 4.79 Å². The van der Waals surface area contributed by atoms with Crippen molar-refractivity contribution in [3.05, 3.63) is 57.9 Å². The topological polar surface area (TPSA) is 66.4 Å². The molecule has 1 aromatic heterocycles. The van der Waals surface area contributed by atoms with Gasteiger partial charge in [0, 0.05) is 27.2 Å². The quantitative estimate of drug-likeness (QED) is 0.475.